The molecule has 0 amide bonds. The molecule has 2 heterocycles. The van der Waals surface area contributed by atoms with E-state index < -0.39 is 11.9 Å². The second-order valence-corrected chi connectivity index (χ2v) is 6.33. The van der Waals surface area contributed by atoms with Crippen LogP contribution in [0.3, 0.4) is 0 Å². The van der Waals surface area contributed by atoms with Crippen molar-refractivity contribution in [1.29, 1.82) is 0 Å². The molecule has 112 valence electrons. The second-order valence-electron chi connectivity index (χ2n) is 6.33. The topological polar surface area (TPSA) is 75.8 Å². The Bertz CT molecular complexity index is 478. The van der Waals surface area contributed by atoms with Crippen LogP contribution in [0.4, 0.5) is 0 Å². The Morgan fingerprint density at radius 2 is 2.20 bits per heavy atom. The van der Waals surface area contributed by atoms with Crippen LogP contribution >= 0.6 is 0 Å². The van der Waals surface area contributed by atoms with Crippen LogP contribution in [0.2, 0.25) is 0 Å². The molecule has 1 aromatic rings. The van der Waals surface area contributed by atoms with Crippen molar-refractivity contribution < 1.29 is 19.1 Å². The summed E-state index contributed by atoms with van der Waals surface area (Å²) in [6, 6.07) is -0.141. The van der Waals surface area contributed by atoms with Crippen LogP contribution in [-0.4, -0.2) is 47.3 Å². The number of rotatable bonds is 4. The van der Waals surface area contributed by atoms with Crippen LogP contribution in [0, 0.1) is 5.92 Å². The third-order valence-corrected chi connectivity index (χ3v) is 3.61. The van der Waals surface area contributed by atoms with Crippen molar-refractivity contribution in [2.75, 3.05) is 20.3 Å². The smallest absolute Gasteiger partial charge is 0.310 e. The summed E-state index contributed by atoms with van der Waals surface area (Å²) in [5, 5.41) is 9.16. The molecule has 0 bridgehead atoms. The van der Waals surface area contributed by atoms with E-state index in [0.717, 1.165) is 5.76 Å². The molecule has 0 saturated carbocycles. The lowest BCUT2D eigenvalue weighted by atomic mass is 9.94. The Balaban J connectivity index is 2.02. The summed E-state index contributed by atoms with van der Waals surface area (Å²) in [6.45, 7) is 7.36. The summed E-state index contributed by atoms with van der Waals surface area (Å²) in [7, 11) is 1.87. The highest BCUT2D eigenvalue weighted by Gasteiger charge is 2.37. The van der Waals surface area contributed by atoms with E-state index in [1.807, 2.05) is 11.9 Å². The number of ether oxygens (including phenoxy) is 1. The molecule has 1 fully saturated rings. The van der Waals surface area contributed by atoms with Crippen LogP contribution in [0.1, 0.15) is 32.4 Å². The van der Waals surface area contributed by atoms with E-state index in [1.54, 1.807) is 6.20 Å². The Kier molecular flexibility index (Phi) is 4.15. The van der Waals surface area contributed by atoms with Crippen molar-refractivity contribution >= 4 is 5.97 Å². The molecule has 6 heteroatoms. The number of nitrogens with zero attached hydrogens (tertiary/aromatic N) is 2. The van der Waals surface area contributed by atoms with Crippen molar-refractivity contribution in [3.05, 3.63) is 17.8 Å². The van der Waals surface area contributed by atoms with Gasteiger partial charge in [-0.05, 0) is 7.05 Å². The maximum absolute atomic E-state index is 11.2. The summed E-state index contributed by atoms with van der Waals surface area (Å²) in [4.78, 5) is 17.4. The third-order valence-electron chi connectivity index (χ3n) is 3.61. The molecule has 2 atom stereocenters. The number of aromatic nitrogens is 1. The van der Waals surface area contributed by atoms with E-state index in [2.05, 4.69) is 25.8 Å². The van der Waals surface area contributed by atoms with Gasteiger partial charge < -0.3 is 14.3 Å². The summed E-state index contributed by atoms with van der Waals surface area (Å²) < 4.78 is 11.0. The van der Waals surface area contributed by atoms with Gasteiger partial charge in [-0.3, -0.25) is 9.69 Å². The number of hydrogen-bond donors (Lipinski definition) is 1. The SMILES string of the molecule is CN(Cc1ncc(C(C)(C)C)o1)C1COCC1C(=O)O. The number of carboxylic acid groups (broad SMARTS) is 1. The van der Waals surface area contributed by atoms with Crippen LogP contribution in [-0.2, 0) is 21.5 Å². The fraction of sp³-hybridized carbons (Fsp3) is 0.714. The minimum Gasteiger partial charge on any atom is -0.481 e. The second kappa shape index (κ2) is 5.54. The van der Waals surface area contributed by atoms with E-state index in [1.165, 1.54) is 0 Å². The number of oxazole rings is 1. The van der Waals surface area contributed by atoms with E-state index in [-0.39, 0.29) is 18.1 Å². The van der Waals surface area contributed by atoms with Crippen molar-refractivity contribution in [2.45, 2.75) is 38.8 Å². The van der Waals surface area contributed by atoms with Gasteiger partial charge in [0.15, 0.2) is 0 Å². The number of likely N-dealkylation sites (N-methyl/N-ethyl adjacent to an activating group) is 1. The van der Waals surface area contributed by atoms with Gasteiger partial charge in [-0.2, -0.15) is 0 Å². The molecule has 2 rings (SSSR count). The average Bonchev–Trinajstić information content (AvgIpc) is 2.95. The maximum Gasteiger partial charge on any atom is 0.310 e. The summed E-state index contributed by atoms with van der Waals surface area (Å²) in [5.41, 5.74) is -0.0795. The normalized spacial score (nSPS) is 23.4. The first kappa shape index (κ1) is 15.0. The number of carboxylic acids is 1. The average molecular weight is 282 g/mol. The molecule has 0 radical (unpaired) electrons. The van der Waals surface area contributed by atoms with Crippen LogP contribution in [0.5, 0.6) is 0 Å². The van der Waals surface area contributed by atoms with Gasteiger partial charge in [0, 0.05) is 11.5 Å². The van der Waals surface area contributed by atoms with Crippen molar-refractivity contribution in [2.24, 2.45) is 5.92 Å². The van der Waals surface area contributed by atoms with Gasteiger partial charge in [-0.25, -0.2) is 4.98 Å². The van der Waals surface area contributed by atoms with Gasteiger partial charge in [0.2, 0.25) is 5.89 Å². The van der Waals surface area contributed by atoms with E-state index >= 15 is 0 Å². The molecule has 2 unspecified atom stereocenters. The third kappa shape index (κ3) is 3.19. The largest absolute Gasteiger partial charge is 0.481 e. The summed E-state index contributed by atoms with van der Waals surface area (Å²) in [5.74, 6) is 0.131. The van der Waals surface area contributed by atoms with Crippen molar-refractivity contribution in [3.63, 3.8) is 0 Å². The number of aliphatic carboxylic acids is 1. The first-order valence-corrected chi connectivity index (χ1v) is 6.75. The molecule has 6 nitrogen and oxygen atoms in total. The molecule has 1 N–H and O–H groups in total. The molecule has 1 aromatic heterocycles. The molecule has 1 saturated heterocycles. The highest BCUT2D eigenvalue weighted by Crippen LogP contribution is 2.24. The zero-order valence-electron chi connectivity index (χ0n) is 12.4. The first-order chi connectivity index (χ1) is 9.29. The Hall–Kier alpha value is -1.40. The zero-order valence-corrected chi connectivity index (χ0v) is 12.4. The summed E-state index contributed by atoms with van der Waals surface area (Å²) >= 11 is 0. The quantitative estimate of drug-likeness (QED) is 0.902. The van der Waals surface area contributed by atoms with Crippen molar-refractivity contribution in [3.8, 4) is 0 Å². The number of carbonyl (C=O) groups is 1. The Morgan fingerprint density at radius 3 is 2.75 bits per heavy atom. The Morgan fingerprint density at radius 1 is 1.50 bits per heavy atom. The monoisotopic (exact) mass is 282 g/mol. The minimum absolute atomic E-state index is 0.0795. The van der Waals surface area contributed by atoms with E-state index in [0.29, 0.717) is 19.0 Å². The van der Waals surface area contributed by atoms with Gasteiger partial charge in [-0.1, -0.05) is 20.8 Å². The fourth-order valence-electron chi connectivity index (χ4n) is 2.27. The lowest BCUT2D eigenvalue weighted by molar-refractivity contribution is -0.143. The lowest BCUT2D eigenvalue weighted by Gasteiger charge is -2.24. The molecule has 0 aliphatic carbocycles. The van der Waals surface area contributed by atoms with E-state index in [9.17, 15) is 4.79 Å². The minimum atomic E-state index is -0.817. The summed E-state index contributed by atoms with van der Waals surface area (Å²) in [6.07, 6.45) is 1.74. The van der Waals surface area contributed by atoms with Crippen LogP contribution < -0.4 is 0 Å². The molecule has 20 heavy (non-hydrogen) atoms. The molecule has 1 aliphatic heterocycles. The predicted octanol–water partition coefficient (Wildman–Crippen LogP) is 1.50. The van der Waals surface area contributed by atoms with Gasteiger partial charge in [0.1, 0.15) is 5.76 Å². The maximum atomic E-state index is 11.2. The molecular weight excluding hydrogens is 260 g/mol. The number of hydrogen-bond acceptors (Lipinski definition) is 5. The standard InChI is InChI=1S/C14H22N2O4/c1-14(2,3)11-5-15-12(20-11)6-16(4)10-8-19-7-9(10)13(17)18/h5,9-10H,6-8H2,1-4H3,(H,17,18). The van der Waals surface area contributed by atoms with Gasteiger partial charge in [-0.15, -0.1) is 0 Å². The molecule has 0 spiro atoms. The molecular formula is C14H22N2O4. The van der Waals surface area contributed by atoms with Crippen LogP contribution in [0.25, 0.3) is 0 Å². The van der Waals surface area contributed by atoms with Crippen LogP contribution in [0.15, 0.2) is 10.6 Å². The first-order valence-electron chi connectivity index (χ1n) is 6.75. The van der Waals surface area contributed by atoms with Gasteiger partial charge >= 0.3 is 5.97 Å². The van der Waals surface area contributed by atoms with E-state index in [4.69, 9.17) is 14.3 Å². The Labute approximate surface area is 118 Å². The lowest BCUT2D eigenvalue weighted by Crippen LogP contribution is -2.40. The molecule has 1 aliphatic rings. The van der Waals surface area contributed by atoms with Crippen molar-refractivity contribution in [1.82, 2.24) is 9.88 Å². The van der Waals surface area contributed by atoms with Gasteiger partial charge in [0.05, 0.1) is 31.9 Å². The molecule has 0 aromatic carbocycles. The highest BCUT2D eigenvalue weighted by molar-refractivity contribution is 5.71. The zero-order chi connectivity index (χ0) is 14.9. The predicted molar refractivity (Wildman–Crippen MR) is 72.4 cm³/mol. The fourth-order valence-corrected chi connectivity index (χ4v) is 2.27. The van der Waals surface area contributed by atoms with Gasteiger partial charge in [0.25, 0.3) is 0 Å². The highest BCUT2D eigenvalue weighted by atomic mass is 16.5.